The number of hydrogen-bond acceptors (Lipinski definition) is 3. The topological polar surface area (TPSA) is 46.5 Å². The lowest BCUT2D eigenvalue weighted by Gasteiger charge is -2.04. The van der Waals surface area contributed by atoms with Crippen LogP contribution >= 0.6 is 11.6 Å². The van der Waals surface area contributed by atoms with Gasteiger partial charge in [0.2, 0.25) is 0 Å². The first-order valence-corrected chi connectivity index (χ1v) is 3.74. The molecule has 0 rings (SSSR count). The minimum atomic E-state index is -0.811. The molecule has 0 radical (unpaired) electrons. The van der Waals surface area contributed by atoms with Crippen LogP contribution in [0.4, 0.5) is 0 Å². The number of rotatable bonds is 5. The van der Waals surface area contributed by atoms with Crippen LogP contribution in [0.5, 0.6) is 0 Å². The van der Waals surface area contributed by atoms with Gasteiger partial charge in [-0.15, -0.1) is 11.6 Å². The van der Waals surface area contributed by atoms with Crippen LogP contribution in [0.15, 0.2) is 12.7 Å². The number of carbonyl (C=O) groups is 1. The second-order valence-corrected chi connectivity index (χ2v) is 2.29. The van der Waals surface area contributed by atoms with E-state index in [1.165, 1.54) is 6.08 Å². The molecule has 11 heavy (non-hydrogen) atoms. The summed E-state index contributed by atoms with van der Waals surface area (Å²) in [5.74, 6) is -0.415. The lowest BCUT2D eigenvalue weighted by Crippen LogP contribution is -2.16. The number of esters is 1. The fraction of sp³-hybridized carbons (Fsp3) is 0.571. The van der Waals surface area contributed by atoms with Gasteiger partial charge in [0.1, 0.15) is 6.61 Å². The molecular weight excluding hydrogens is 168 g/mol. The van der Waals surface area contributed by atoms with Crippen molar-refractivity contribution in [2.45, 2.75) is 12.5 Å². The molecule has 0 fully saturated rings. The van der Waals surface area contributed by atoms with E-state index in [9.17, 15) is 4.79 Å². The Kier molecular flexibility index (Phi) is 5.88. The molecule has 0 aromatic rings. The van der Waals surface area contributed by atoms with Crippen molar-refractivity contribution in [3.8, 4) is 0 Å². The largest absolute Gasteiger partial charge is 0.461 e. The number of ether oxygens (including phenoxy) is 1. The molecule has 0 aliphatic heterocycles. The van der Waals surface area contributed by atoms with Crippen molar-refractivity contribution in [1.82, 2.24) is 0 Å². The molecule has 0 aromatic heterocycles. The molecule has 3 nitrogen and oxygen atoms in total. The van der Waals surface area contributed by atoms with Crippen LogP contribution in [0, 0.1) is 0 Å². The molecule has 0 saturated carbocycles. The summed E-state index contributed by atoms with van der Waals surface area (Å²) in [5.41, 5.74) is 0. The van der Waals surface area contributed by atoms with E-state index in [1.807, 2.05) is 0 Å². The summed E-state index contributed by atoms with van der Waals surface area (Å²) >= 11 is 5.25. The molecule has 1 atom stereocenters. The first-order valence-electron chi connectivity index (χ1n) is 3.21. The fourth-order valence-corrected chi connectivity index (χ4v) is 0.567. The fourth-order valence-electron chi connectivity index (χ4n) is 0.458. The van der Waals surface area contributed by atoms with Crippen molar-refractivity contribution in [3.05, 3.63) is 12.7 Å². The van der Waals surface area contributed by atoms with Gasteiger partial charge >= 0.3 is 5.97 Å². The van der Waals surface area contributed by atoms with E-state index in [0.29, 0.717) is 0 Å². The predicted octanol–water partition coefficient (Wildman–Crippen LogP) is 0.705. The van der Waals surface area contributed by atoms with Crippen LogP contribution in [0.3, 0.4) is 0 Å². The molecule has 1 N–H and O–H groups in total. The number of aliphatic hydroxyl groups excluding tert-OH is 1. The van der Waals surface area contributed by atoms with Gasteiger partial charge in [0.15, 0.2) is 0 Å². The Morgan fingerprint density at radius 1 is 1.82 bits per heavy atom. The summed E-state index contributed by atoms with van der Waals surface area (Å²) in [6.45, 7) is 3.54. The Morgan fingerprint density at radius 3 is 2.91 bits per heavy atom. The number of halogens is 1. The van der Waals surface area contributed by atoms with Gasteiger partial charge in [-0.1, -0.05) is 12.7 Å². The minimum Gasteiger partial charge on any atom is -0.461 e. The van der Waals surface area contributed by atoms with Gasteiger partial charge in [-0.2, -0.15) is 0 Å². The summed E-state index contributed by atoms with van der Waals surface area (Å²) in [5, 5.41) is 8.87. The van der Waals surface area contributed by atoms with Gasteiger partial charge in [0.25, 0.3) is 0 Å². The van der Waals surface area contributed by atoms with E-state index in [1.54, 1.807) is 0 Å². The maximum absolute atomic E-state index is 10.7. The van der Waals surface area contributed by atoms with Crippen LogP contribution in [0.2, 0.25) is 0 Å². The summed E-state index contributed by atoms with van der Waals surface area (Å²) in [7, 11) is 0. The smallest absolute Gasteiger partial charge is 0.308 e. The Morgan fingerprint density at radius 2 is 2.45 bits per heavy atom. The van der Waals surface area contributed by atoms with Gasteiger partial charge in [0, 0.05) is 5.88 Å². The minimum absolute atomic E-state index is 0.0448. The standard InChI is InChI=1S/C7H11ClO3/c1-2-3-11-7(10)4-6(9)5-8/h2,6,9H,1,3-5H2/t6-/m0/s1. The summed E-state index contributed by atoms with van der Waals surface area (Å²) in [4.78, 5) is 10.7. The normalized spacial score (nSPS) is 12.2. The first kappa shape index (κ1) is 10.5. The highest BCUT2D eigenvalue weighted by atomic mass is 35.5. The molecule has 0 amide bonds. The lowest BCUT2D eigenvalue weighted by atomic mass is 10.3. The zero-order valence-corrected chi connectivity index (χ0v) is 6.88. The average Bonchev–Trinajstić information content (AvgIpc) is 2.00. The number of alkyl halides is 1. The molecule has 0 spiro atoms. The molecular formula is C7H11ClO3. The number of hydrogen-bond donors (Lipinski definition) is 1. The van der Waals surface area contributed by atoms with E-state index in [2.05, 4.69) is 11.3 Å². The second kappa shape index (κ2) is 6.19. The third kappa shape index (κ3) is 5.88. The second-order valence-electron chi connectivity index (χ2n) is 1.98. The van der Waals surface area contributed by atoms with E-state index in [-0.39, 0.29) is 18.9 Å². The molecule has 64 valence electrons. The number of carbonyl (C=O) groups excluding carboxylic acids is 1. The van der Waals surface area contributed by atoms with Gasteiger partial charge < -0.3 is 9.84 Å². The van der Waals surface area contributed by atoms with Crippen molar-refractivity contribution in [2.75, 3.05) is 12.5 Å². The molecule has 0 aliphatic carbocycles. The maximum atomic E-state index is 10.7. The van der Waals surface area contributed by atoms with Gasteiger partial charge in [-0.05, 0) is 0 Å². The molecule has 0 bridgehead atoms. The molecule has 0 heterocycles. The molecule has 0 aliphatic rings. The molecule has 0 saturated heterocycles. The van der Waals surface area contributed by atoms with Crippen LogP contribution < -0.4 is 0 Å². The Balaban J connectivity index is 3.43. The Hall–Kier alpha value is -0.540. The third-order valence-corrected chi connectivity index (χ3v) is 1.30. The molecule has 0 unspecified atom stereocenters. The van der Waals surface area contributed by atoms with Gasteiger partial charge in [-0.3, -0.25) is 4.79 Å². The zero-order chi connectivity index (χ0) is 8.69. The monoisotopic (exact) mass is 178 g/mol. The van der Waals surface area contributed by atoms with E-state index < -0.39 is 12.1 Å². The summed E-state index contributed by atoms with van der Waals surface area (Å²) < 4.78 is 4.59. The number of aliphatic hydroxyl groups is 1. The molecule has 0 aromatic carbocycles. The van der Waals surface area contributed by atoms with Crippen molar-refractivity contribution in [3.63, 3.8) is 0 Å². The highest BCUT2D eigenvalue weighted by Crippen LogP contribution is 1.96. The maximum Gasteiger partial charge on any atom is 0.308 e. The highest BCUT2D eigenvalue weighted by molar-refractivity contribution is 6.18. The molecule has 4 heteroatoms. The summed E-state index contributed by atoms with van der Waals surface area (Å²) in [6, 6.07) is 0. The van der Waals surface area contributed by atoms with E-state index in [0.717, 1.165) is 0 Å². The SMILES string of the molecule is C=CCOC(=O)C[C@H](O)CCl. The zero-order valence-electron chi connectivity index (χ0n) is 6.12. The highest BCUT2D eigenvalue weighted by Gasteiger charge is 2.09. The average molecular weight is 179 g/mol. The van der Waals surface area contributed by atoms with Crippen molar-refractivity contribution in [2.24, 2.45) is 0 Å². The van der Waals surface area contributed by atoms with Crippen LogP contribution in [-0.2, 0) is 9.53 Å². The Bertz CT molecular complexity index is 136. The van der Waals surface area contributed by atoms with E-state index in [4.69, 9.17) is 16.7 Å². The first-order chi connectivity index (χ1) is 5.20. The van der Waals surface area contributed by atoms with Crippen LogP contribution in [0.25, 0.3) is 0 Å². The predicted molar refractivity (Wildman–Crippen MR) is 42.5 cm³/mol. The lowest BCUT2D eigenvalue weighted by molar-refractivity contribution is -0.144. The van der Waals surface area contributed by atoms with Crippen LogP contribution in [-0.4, -0.2) is 29.7 Å². The van der Waals surface area contributed by atoms with Gasteiger partial charge in [0.05, 0.1) is 12.5 Å². The van der Waals surface area contributed by atoms with Crippen molar-refractivity contribution >= 4 is 17.6 Å². The van der Waals surface area contributed by atoms with E-state index >= 15 is 0 Å². The van der Waals surface area contributed by atoms with Crippen molar-refractivity contribution < 1.29 is 14.6 Å². The third-order valence-electron chi connectivity index (χ3n) is 0.943. The van der Waals surface area contributed by atoms with Crippen molar-refractivity contribution in [1.29, 1.82) is 0 Å². The quantitative estimate of drug-likeness (QED) is 0.383. The van der Waals surface area contributed by atoms with Gasteiger partial charge in [-0.25, -0.2) is 0 Å². The van der Waals surface area contributed by atoms with Crippen LogP contribution in [0.1, 0.15) is 6.42 Å². The Labute approximate surface area is 70.6 Å². The summed E-state index contributed by atoms with van der Waals surface area (Å²) in [6.07, 6.45) is 0.594.